The Hall–Kier alpha value is -6.98. The fraction of sp³-hybridized carbons (Fsp3) is 0. The molecule has 0 amide bonds. The highest BCUT2D eigenvalue weighted by atomic mass is 16.3. The molecule has 0 unspecified atom stereocenters. The molecule has 0 bridgehead atoms. The molecular formula is C46H26N2O3. The number of rotatable bonds is 4. The molecule has 0 saturated heterocycles. The Morgan fingerprint density at radius 2 is 0.784 bits per heavy atom. The zero-order valence-corrected chi connectivity index (χ0v) is 27.1. The molecule has 0 aliphatic rings. The number of aromatic nitrogens is 2. The van der Waals surface area contributed by atoms with Crippen molar-refractivity contribution in [2.45, 2.75) is 0 Å². The van der Waals surface area contributed by atoms with Gasteiger partial charge in [0.25, 0.3) is 0 Å². The third kappa shape index (κ3) is 4.22. The smallest absolute Gasteiger partial charge is 0.180 e. The molecule has 0 fully saturated rings. The van der Waals surface area contributed by atoms with Crippen LogP contribution in [0.5, 0.6) is 0 Å². The van der Waals surface area contributed by atoms with Crippen LogP contribution >= 0.6 is 0 Å². The maximum Gasteiger partial charge on any atom is 0.180 e. The van der Waals surface area contributed by atoms with E-state index in [2.05, 4.69) is 115 Å². The van der Waals surface area contributed by atoms with Crippen LogP contribution in [-0.2, 0) is 0 Å². The zero-order valence-electron chi connectivity index (χ0n) is 27.1. The van der Waals surface area contributed by atoms with Gasteiger partial charge in [0.05, 0.1) is 0 Å². The predicted molar refractivity (Wildman–Crippen MR) is 206 cm³/mol. The summed E-state index contributed by atoms with van der Waals surface area (Å²) >= 11 is 0. The second-order valence-electron chi connectivity index (χ2n) is 12.9. The highest BCUT2D eigenvalue weighted by Gasteiger charge is 2.20. The lowest BCUT2D eigenvalue weighted by Crippen LogP contribution is -1.88. The predicted octanol–water partition coefficient (Wildman–Crippen LogP) is 12.8. The number of para-hydroxylation sites is 5. The summed E-state index contributed by atoms with van der Waals surface area (Å²) in [5, 5.41) is 5.38. The van der Waals surface area contributed by atoms with Gasteiger partial charge in [-0.15, -0.1) is 0 Å². The minimum absolute atomic E-state index is 0.655. The summed E-state index contributed by atoms with van der Waals surface area (Å²) in [7, 11) is 0. The summed E-state index contributed by atoms with van der Waals surface area (Å²) in [5.74, 6) is 0. The topological polar surface area (TPSA) is 65.2 Å². The third-order valence-electron chi connectivity index (χ3n) is 10.0. The van der Waals surface area contributed by atoms with Gasteiger partial charge in [-0.3, -0.25) is 0 Å². The number of hydrogen-bond acceptors (Lipinski definition) is 5. The molecule has 0 atom stereocenters. The van der Waals surface area contributed by atoms with Crippen molar-refractivity contribution >= 4 is 65.9 Å². The molecule has 0 aliphatic heterocycles. The van der Waals surface area contributed by atoms with Crippen LogP contribution in [0.1, 0.15) is 0 Å². The molecule has 7 aromatic carbocycles. The Labute approximate surface area is 291 Å². The minimum atomic E-state index is 0.655. The van der Waals surface area contributed by atoms with Crippen LogP contribution in [0.3, 0.4) is 0 Å². The number of fused-ring (bicyclic) bond motifs is 9. The molecule has 238 valence electrons. The lowest BCUT2D eigenvalue weighted by molar-refractivity contribution is 0.668. The SMILES string of the molecule is c1cc(-c2cccc3c2oc2ccccc23)cc(-c2cccc3c2oc2c(-c4cccc(-c5cccc6c5oc5ccccc56)c4)ncnc23)c1. The summed E-state index contributed by atoms with van der Waals surface area (Å²) in [6.07, 6.45) is 1.63. The van der Waals surface area contributed by atoms with Gasteiger partial charge in [-0.2, -0.15) is 0 Å². The summed E-state index contributed by atoms with van der Waals surface area (Å²) in [6.45, 7) is 0. The molecule has 5 nitrogen and oxygen atoms in total. The van der Waals surface area contributed by atoms with Crippen LogP contribution < -0.4 is 0 Å². The van der Waals surface area contributed by atoms with Crippen LogP contribution in [0.25, 0.3) is 111 Å². The van der Waals surface area contributed by atoms with E-state index in [-0.39, 0.29) is 0 Å². The summed E-state index contributed by atoms with van der Waals surface area (Å²) in [4.78, 5) is 9.49. The molecule has 4 heterocycles. The first kappa shape index (κ1) is 27.9. The van der Waals surface area contributed by atoms with Crippen LogP contribution in [0, 0.1) is 0 Å². The minimum Gasteiger partial charge on any atom is -0.455 e. The Kier molecular flexibility index (Phi) is 5.89. The maximum atomic E-state index is 6.77. The number of hydrogen-bond donors (Lipinski definition) is 0. The Balaban J connectivity index is 1.04. The summed E-state index contributed by atoms with van der Waals surface area (Å²) in [6, 6.07) is 52.2. The van der Waals surface area contributed by atoms with Gasteiger partial charge in [0.15, 0.2) is 5.58 Å². The average Bonchev–Trinajstić information content (AvgIpc) is 3.89. The molecule has 51 heavy (non-hydrogen) atoms. The van der Waals surface area contributed by atoms with E-state index in [0.717, 1.165) is 105 Å². The largest absolute Gasteiger partial charge is 0.455 e. The first-order valence-electron chi connectivity index (χ1n) is 17.0. The van der Waals surface area contributed by atoms with Gasteiger partial charge < -0.3 is 13.3 Å². The Morgan fingerprint density at radius 1 is 0.333 bits per heavy atom. The van der Waals surface area contributed by atoms with Crippen LogP contribution in [0.2, 0.25) is 0 Å². The molecule has 0 N–H and O–H groups in total. The molecule has 5 heteroatoms. The molecule has 0 spiro atoms. The normalized spacial score (nSPS) is 11.9. The second kappa shape index (κ2) is 10.8. The van der Waals surface area contributed by atoms with E-state index in [4.69, 9.17) is 23.2 Å². The molecule has 4 aromatic heterocycles. The Morgan fingerprint density at radius 3 is 1.37 bits per heavy atom. The molecule has 0 radical (unpaired) electrons. The zero-order chi connectivity index (χ0) is 33.5. The van der Waals surface area contributed by atoms with Gasteiger partial charge in [-0.25, -0.2) is 9.97 Å². The first-order chi connectivity index (χ1) is 25.3. The van der Waals surface area contributed by atoms with Crippen LogP contribution in [0.4, 0.5) is 0 Å². The standard InChI is InChI=1S/C46H26N2O3/c1-3-22-39-34(14-1)36-19-7-16-31(43(36)49-39)27-10-5-11-28(24-27)33-18-9-21-38-42-46(51-45(33)38)41(47-26-48-42)30-13-6-12-29(25-30)32-17-8-20-37-35-15-2-4-23-40(35)50-44(32)37/h1-26H. The van der Waals surface area contributed by atoms with Gasteiger partial charge >= 0.3 is 0 Å². The first-order valence-corrected chi connectivity index (χ1v) is 17.0. The summed E-state index contributed by atoms with van der Waals surface area (Å²) in [5.41, 5.74) is 13.6. The van der Waals surface area contributed by atoms with E-state index in [0.29, 0.717) is 5.58 Å². The fourth-order valence-corrected chi connectivity index (χ4v) is 7.67. The lowest BCUT2D eigenvalue weighted by Gasteiger charge is -2.07. The van der Waals surface area contributed by atoms with Gasteiger partial charge in [0.1, 0.15) is 45.5 Å². The monoisotopic (exact) mass is 654 g/mol. The van der Waals surface area contributed by atoms with E-state index in [9.17, 15) is 0 Å². The number of furan rings is 3. The molecule has 0 saturated carbocycles. The van der Waals surface area contributed by atoms with Gasteiger partial charge in [0.2, 0.25) is 0 Å². The maximum absolute atomic E-state index is 6.77. The highest BCUT2D eigenvalue weighted by Crippen LogP contribution is 2.42. The van der Waals surface area contributed by atoms with Crippen LogP contribution in [-0.4, -0.2) is 9.97 Å². The van der Waals surface area contributed by atoms with Crippen molar-refractivity contribution in [2.75, 3.05) is 0 Å². The average molecular weight is 655 g/mol. The fourth-order valence-electron chi connectivity index (χ4n) is 7.67. The van der Waals surface area contributed by atoms with Gasteiger partial charge in [0, 0.05) is 49.2 Å². The summed E-state index contributed by atoms with van der Waals surface area (Å²) < 4.78 is 19.5. The number of nitrogens with zero attached hydrogens (tertiary/aromatic N) is 2. The van der Waals surface area contributed by atoms with Gasteiger partial charge in [-0.1, -0.05) is 121 Å². The lowest BCUT2D eigenvalue weighted by atomic mass is 9.97. The van der Waals surface area contributed by atoms with E-state index < -0.39 is 0 Å². The molecular weight excluding hydrogens is 629 g/mol. The van der Waals surface area contributed by atoms with E-state index in [1.165, 1.54) is 0 Å². The Bertz CT molecular complexity index is 2950. The van der Waals surface area contributed by atoms with Crippen molar-refractivity contribution in [3.8, 4) is 44.6 Å². The van der Waals surface area contributed by atoms with Crippen molar-refractivity contribution < 1.29 is 13.3 Å². The second-order valence-corrected chi connectivity index (χ2v) is 12.9. The number of benzene rings is 7. The molecule has 0 aliphatic carbocycles. The van der Waals surface area contributed by atoms with E-state index in [1.807, 2.05) is 36.4 Å². The molecule has 11 aromatic rings. The van der Waals surface area contributed by atoms with Crippen molar-refractivity contribution in [1.29, 1.82) is 0 Å². The van der Waals surface area contributed by atoms with E-state index in [1.54, 1.807) is 6.33 Å². The van der Waals surface area contributed by atoms with Gasteiger partial charge in [-0.05, 0) is 47.0 Å². The van der Waals surface area contributed by atoms with E-state index >= 15 is 0 Å². The van der Waals surface area contributed by atoms with Crippen molar-refractivity contribution in [2.24, 2.45) is 0 Å². The third-order valence-corrected chi connectivity index (χ3v) is 10.0. The van der Waals surface area contributed by atoms with Crippen LogP contribution in [0.15, 0.2) is 171 Å². The van der Waals surface area contributed by atoms with Crippen molar-refractivity contribution in [1.82, 2.24) is 9.97 Å². The quantitative estimate of drug-likeness (QED) is 0.189. The van der Waals surface area contributed by atoms with Crippen molar-refractivity contribution in [3.05, 3.63) is 158 Å². The van der Waals surface area contributed by atoms with Crippen molar-refractivity contribution in [3.63, 3.8) is 0 Å². The highest BCUT2D eigenvalue weighted by molar-refractivity contribution is 6.13. The molecule has 11 rings (SSSR count).